The summed E-state index contributed by atoms with van der Waals surface area (Å²) in [6.45, 7) is 0. The zero-order valence-electron chi connectivity index (χ0n) is 8.33. The van der Waals surface area contributed by atoms with Crippen LogP contribution in [0.15, 0.2) is 42.6 Å². The third-order valence-corrected chi connectivity index (χ3v) is 2.04. The van der Waals surface area contributed by atoms with Crippen molar-refractivity contribution in [3.63, 3.8) is 0 Å². The highest BCUT2D eigenvalue weighted by molar-refractivity contribution is 5.61. The van der Waals surface area contributed by atoms with Crippen molar-refractivity contribution >= 4 is 6.08 Å². The third kappa shape index (κ3) is 2.33. The Balaban J connectivity index is 2.23. The van der Waals surface area contributed by atoms with Crippen molar-refractivity contribution < 1.29 is 4.92 Å². The Morgan fingerprint density at radius 3 is 2.75 bits per heavy atom. The van der Waals surface area contributed by atoms with Crippen molar-refractivity contribution in [3.8, 4) is 11.3 Å². The minimum Gasteiger partial charge on any atom is -0.278 e. The topological polar surface area (TPSA) is 71.8 Å². The van der Waals surface area contributed by atoms with Gasteiger partial charge >= 0.3 is 0 Å². The number of nitro groups is 1. The smallest absolute Gasteiger partial charge is 0.236 e. The Hall–Kier alpha value is -2.43. The van der Waals surface area contributed by atoms with E-state index in [1.807, 2.05) is 30.3 Å². The first-order chi connectivity index (χ1) is 7.75. The lowest BCUT2D eigenvalue weighted by Crippen LogP contribution is -1.82. The molecule has 1 N–H and O–H groups in total. The van der Waals surface area contributed by atoms with Gasteiger partial charge in [0.1, 0.15) is 0 Å². The van der Waals surface area contributed by atoms with E-state index in [-0.39, 0.29) is 0 Å². The maximum atomic E-state index is 10.1. The monoisotopic (exact) mass is 215 g/mol. The van der Waals surface area contributed by atoms with Gasteiger partial charge in [0, 0.05) is 11.6 Å². The summed E-state index contributed by atoms with van der Waals surface area (Å²) >= 11 is 0. The van der Waals surface area contributed by atoms with E-state index in [0.29, 0.717) is 5.69 Å². The van der Waals surface area contributed by atoms with Crippen LogP contribution < -0.4 is 0 Å². The number of rotatable bonds is 3. The summed E-state index contributed by atoms with van der Waals surface area (Å²) < 4.78 is 0. The molecule has 0 radical (unpaired) electrons. The summed E-state index contributed by atoms with van der Waals surface area (Å²) in [5, 5.41) is 16.9. The van der Waals surface area contributed by atoms with Crippen LogP contribution in [0, 0.1) is 10.1 Å². The second-order valence-electron chi connectivity index (χ2n) is 3.18. The molecular formula is C11H9N3O2. The van der Waals surface area contributed by atoms with Crippen LogP contribution in [0.1, 0.15) is 5.69 Å². The SMILES string of the molecule is O=[N+]([O-])/C=C/c1cc(-c2ccccc2)n[nH]1. The molecule has 0 unspecified atom stereocenters. The molecule has 80 valence electrons. The van der Waals surface area contributed by atoms with Crippen LogP contribution in [0.3, 0.4) is 0 Å². The molecule has 1 heterocycles. The van der Waals surface area contributed by atoms with E-state index < -0.39 is 4.92 Å². The van der Waals surface area contributed by atoms with Crippen molar-refractivity contribution in [1.29, 1.82) is 0 Å². The Morgan fingerprint density at radius 2 is 2.06 bits per heavy atom. The minimum atomic E-state index is -0.511. The molecule has 0 aliphatic heterocycles. The number of aromatic amines is 1. The van der Waals surface area contributed by atoms with Gasteiger partial charge in [0.25, 0.3) is 0 Å². The maximum absolute atomic E-state index is 10.1. The van der Waals surface area contributed by atoms with Gasteiger partial charge in [0.15, 0.2) is 0 Å². The molecule has 0 bridgehead atoms. The van der Waals surface area contributed by atoms with E-state index in [0.717, 1.165) is 17.5 Å². The van der Waals surface area contributed by atoms with Gasteiger partial charge in [-0.1, -0.05) is 30.3 Å². The van der Waals surface area contributed by atoms with Crippen LogP contribution in [-0.2, 0) is 0 Å². The standard InChI is InChI=1S/C11H9N3O2/c15-14(16)7-6-10-8-11(13-12-10)9-4-2-1-3-5-9/h1-8H,(H,12,13)/b7-6+. The summed E-state index contributed by atoms with van der Waals surface area (Å²) in [6.07, 6.45) is 2.25. The molecule has 0 atom stereocenters. The van der Waals surface area contributed by atoms with Crippen LogP contribution in [0.5, 0.6) is 0 Å². The van der Waals surface area contributed by atoms with Crippen LogP contribution in [0.2, 0.25) is 0 Å². The first kappa shape index (κ1) is 10.1. The first-order valence-corrected chi connectivity index (χ1v) is 4.68. The predicted octanol–water partition coefficient (Wildman–Crippen LogP) is 2.32. The van der Waals surface area contributed by atoms with Crippen LogP contribution in [0.25, 0.3) is 17.3 Å². The van der Waals surface area contributed by atoms with Gasteiger partial charge in [0.05, 0.1) is 16.3 Å². The fourth-order valence-corrected chi connectivity index (χ4v) is 1.32. The molecule has 0 saturated carbocycles. The number of hydrogen-bond donors (Lipinski definition) is 1. The van der Waals surface area contributed by atoms with Crippen LogP contribution >= 0.6 is 0 Å². The normalized spacial score (nSPS) is 10.8. The molecule has 0 amide bonds. The lowest BCUT2D eigenvalue weighted by atomic mass is 10.1. The van der Waals surface area contributed by atoms with E-state index >= 15 is 0 Å². The van der Waals surface area contributed by atoms with Gasteiger partial charge in [-0.3, -0.25) is 15.2 Å². The molecule has 16 heavy (non-hydrogen) atoms. The van der Waals surface area contributed by atoms with E-state index in [4.69, 9.17) is 0 Å². The highest BCUT2D eigenvalue weighted by atomic mass is 16.6. The average molecular weight is 215 g/mol. The molecule has 0 fully saturated rings. The lowest BCUT2D eigenvalue weighted by molar-refractivity contribution is -0.401. The van der Waals surface area contributed by atoms with E-state index in [2.05, 4.69) is 10.2 Å². The third-order valence-electron chi connectivity index (χ3n) is 2.04. The van der Waals surface area contributed by atoms with Gasteiger partial charge in [-0.05, 0) is 6.07 Å². The Labute approximate surface area is 91.6 Å². The second kappa shape index (κ2) is 4.39. The predicted molar refractivity (Wildman–Crippen MR) is 60.1 cm³/mol. The van der Waals surface area contributed by atoms with E-state index in [9.17, 15) is 10.1 Å². The van der Waals surface area contributed by atoms with Crippen molar-refractivity contribution in [2.75, 3.05) is 0 Å². The molecule has 5 heteroatoms. The number of aromatic nitrogens is 2. The summed E-state index contributed by atoms with van der Waals surface area (Å²) in [7, 11) is 0. The fraction of sp³-hybridized carbons (Fsp3) is 0. The largest absolute Gasteiger partial charge is 0.278 e. The Kier molecular flexibility index (Phi) is 2.77. The molecule has 2 rings (SSSR count). The Morgan fingerprint density at radius 1 is 1.31 bits per heavy atom. The van der Waals surface area contributed by atoms with Gasteiger partial charge in [-0.15, -0.1) is 0 Å². The second-order valence-corrected chi connectivity index (χ2v) is 3.18. The number of benzene rings is 1. The maximum Gasteiger partial charge on any atom is 0.236 e. The average Bonchev–Trinajstić information content (AvgIpc) is 2.76. The highest BCUT2D eigenvalue weighted by Gasteiger charge is 2.01. The number of H-pyrrole nitrogens is 1. The van der Waals surface area contributed by atoms with Gasteiger partial charge in [-0.2, -0.15) is 5.10 Å². The van der Waals surface area contributed by atoms with Gasteiger partial charge < -0.3 is 0 Å². The van der Waals surface area contributed by atoms with Gasteiger partial charge in [-0.25, -0.2) is 0 Å². The molecule has 2 aromatic rings. The molecule has 0 spiro atoms. The summed E-state index contributed by atoms with van der Waals surface area (Å²) in [4.78, 5) is 9.62. The lowest BCUT2D eigenvalue weighted by Gasteiger charge is -1.92. The fourth-order valence-electron chi connectivity index (χ4n) is 1.32. The quantitative estimate of drug-likeness (QED) is 0.630. The highest BCUT2D eigenvalue weighted by Crippen LogP contribution is 2.17. The van der Waals surface area contributed by atoms with Crippen molar-refractivity contribution in [3.05, 3.63) is 58.4 Å². The molecule has 1 aromatic heterocycles. The van der Waals surface area contributed by atoms with E-state index in [1.165, 1.54) is 6.08 Å². The molecule has 0 aliphatic carbocycles. The molecule has 5 nitrogen and oxygen atoms in total. The summed E-state index contributed by atoms with van der Waals surface area (Å²) in [5.74, 6) is 0. The molecule has 0 aliphatic rings. The first-order valence-electron chi connectivity index (χ1n) is 4.68. The Bertz CT molecular complexity index is 517. The number of hydrogen-bond acceptors (Lipinski definition) is 3. The number of nitrogens with zero attached hydrogens (tertiary/aromatic N) is 2. The molecular weight excluding hydrogens is 206 g/mol. The van der Waals surface area contributed by atoms with Crippen molar-refractivity contribution in [2.24, 2.45) is 0 Å². The zero-order valence-corrected chi connectivity index (χ0v) is 8.33. The van der Waals surface area contributed by atoms with Crippen LogP contribution in [-0.4, -0.2) is 15.1 Å². The van der Waals surface area contributed by atoms with Gasteiger partial charge in [0.2, 0.25) is 6.20 Å². The van der Waals surface area contributed by atoms with E-state index in [1.54, 1.807) is 6.07 Å². The summed E-state index contributed by atoms with van der Waals surface area (Å²) in [6, 6.07) is 11.4. The molecule has 0 saturated heterocycles. The number of nitrogens with one attached hydrogen (secondary N) is 1. The van der Waals surface area contributed by atoms with Crippen molar-refractivity contribution in [1.82, 2.24) is 10.2 Å². The summed E-state index contributed by atoms with van der Waals surface area (Å²) in [5.41, 5.74) is 2.35. The zero-order chi connectivity index (χ0) is 11.4. The van der Waals surface area contributed by atoms with Crippen molar-refractivity contribution in [2.45, 2.75) is 0 Å². The molecule has 1 aromatic carbocycles. The van der Waals surface area contributed by atoms with Crippen LogP contribution in [0.4, 0.5) is 0 Å². The minimum absolute atomic E-state index is 0.511.